The molecular weight excluding hydrogens is 330 g/mol. The van der Waals surface area contributed by atoms with Gasteiger partial charge in [0, 0.05) is 11.6 Å². The van der Waals surface area contributed by atoms with Crippen molar-refractivity contribution in [3.8, 4) is 5.75 Å². The maximum absolute atomic E-state index is 12.8. The minimum atomic E-state index is -1.22. The van der Waals surface area contributed by atoms with Crippen molar-refractivity contribution >= 4 is 17.5 Å². The largest absolute Gasteiger partial charge is 0.469 e. The molecule has 1 aromatic carbocycles. The second-order valence-electron chi connectivity index (χ2n) is 5.44. The van der Waals surface area contributed by atoms with Crippen LogP contribution in [0.3, 0.4) is 0 Å². The van der Waals surface area contributed by atoms with E-state index in [1.165, 1.54) is 12.1 Å². The van der Waals surface area contributed by atoms with E-state index in [0.29, 0.717) is 5.56 Å². The number of nitrogens with zero attached hydrogens (tertiary/aromatic N) is 3. The van der Waals surface area contributed by atoms with Gasteiger partial charge in [-0.05, 0) is 16.0 Å². The van der Waals surface area contributed by atoms with Crippen LogP contribution < -0.4 is 9.64 Å². The number of amides is 1. The summed E-state index contributed by atoms with van der Waals surface area (Å²) in [4.78, 5) is 28.0. The molecule has 2 N–H and O–H groups in total. The summed E-state index contributed by atoms with van der Waals surface area (Å²) in [5.74, 6) is -0.848. The minimum Gasteiger partial charge on any atom is -0.469 e. The third-order valence-electron chi connectivity index (χ3n) is 3.71. The van der Waals surface area contributed by atoms with Gasteiger partial charge >= 0.3 is 5.82 Å². The van der Waals surface area contributed by atoms with Crippen molar-refractivity contribution in [2.24, 2.45) is 0 Å². The first-order valence-corrected chi connectivity index (χ1v) is 7.48. The Bertz CT molecular complexity index is 798. The Balaban J connectivity index is 2.05. The SMILES string of the molecule is O=C1C(c2ccccc2)Oc2ccc([N+](=O)[O-])nc2N1CC(O)CO. The number of aliphatic hydroxyl groups excluding tert-OH is 2. The van der Waals surface area contributed by atoms with Crippen molar-refractivity contribution in [1.29, 1.82) is 0 Å². The quantitative estimate of drug-likeness (QED) is 0.606. The second kappa shape index (κ2) is 6.83. The van der Waals surface area contributed by atoms with Crippen LogP contribution in [0.4, 0.5) is 11.6 Å². The molecule has 9 heteroatoms. The Kier molecular flexibility index (Phi) is 4.59. The molecule has 2 atom stereocenters. The first-order valence-electron chi connectivity index (χ1n) is 7.48. The lowest BCUT2D eigenvalue weighted by Crippen LogP contribution is -2.46. The summed E-state index contributed by atoms with van der Waals surface area (Å²) >= 11 is 0. The van der Waals surface area contributed by atoms with Gasteiger partial charge in [-0.1, -0.05) is 30.3 Å². The highest BCUT2D eigenvalue weighted by Gasteiger charge is 2.40. The molecule has 25 heavy (non-hydrogen) atoms. The number of carbonyl (C=O) groups excluding carboxylic acids is 1. The molecule has 2 unspecified atom stereocenters. The van der Waals surface area contributed by atoms with E-state index in [9.17, 15) is 20.0 Å². The van der Waals surface area contributed by atoms with E-state index in [-0.39, 0.29) is 18.1 Å². The fourth-order valence-corrected chi connectivity index (χ4v) is 2.52. The van der Waals surface area contributed by atoms with Gasteiger partial charge < -0.3 is 25.1 Å². The zero-order chi connectivity index (χ0) is 18.0. The molecule has 3 rings (SSSR count). The molecule has 0 radical (unpaired) electrons. The van der Waals surface area contributed by atoms with Crippen LogP contribution in [-0.2, 0) is 4.79 Å². The maximum atomic E-state index is 12.8. The van der Waals surface area contributed by atoms with Crippen LogP contribution in [0.5, 0.6) is 5.75 Å². The molecule has 0 saturated heterocycles. The average Bonchev–Trinajstić information content (AvgIpc) is 2.63. The molecule has 0 aliphatic carbocycles. The van der Waals surface area contributed by atoms with Crippen molar-refractivity contribution in [2.45, 2.75) is 12.2 Å². The van der Waals surface area contributed by atoms with Gasteiger partial charge in [-0.3, -0.25) is 9.69 Å². The molecule has 130 valence electrons. The van der Waals surface area contributed by atoms with E-state index in [1.54, 1.807) is 30.3 Å². The van der Waals surface area contributed by atoms with Crippen LogP contribution in [0, 0.1) is 10.1 Å². The fraction of sp³-hybridized carbons (Fsp3) is 0.250. The molecule has 2 aromatic rings. The van der Waals surface area contributed by atoms with E-state index in [0.717, 1.165) is 4.90 Å². The smallest absolute Gasteiger partial charge is 0.366 e. The predicted molar refractivity (Wildman–Crippen MR) is 86.1 cm³/mol. The standard InChI is InChI=1S/C16H15N3O6/c20-9-11(21)8-18-15-12(6-7-13(17-15)19(23)24)25-14(16(18)22)10-4-2-1-3-5-10/h1-7,11,14,20-21H,8-9H2. The normalized spacial score (nSPS) is 17.6. The maximum Gasteiger partial charge on any atom is 0.366 e. The number of β-amino-alcohol motifs (C(OH)–C–C–N with tert-alkyl or cyclic N) is 1. The highest BCUT2D eigenvalue weighted by Crippen LogP contribution is 2.38. The summed E-state index contributed by atoms with van der Waals surface area (Å²) in [6.07, 6.45) is -2.18. The van der Waals surface area contributed by atoms with Gasteiger partial charge in [0.1, 0.15) is 0 Å². The van der Waals surface area contributed by atoms with Gasteiger partial charge in [-0.15, -0.1) is 0 Å². The number of aliphatic hydroxyl groups is 2. The summed E-state index contributed by atoms with van der Waals surface area (Å²) in [7, 11) is 0. The first-order chi connectivity index (χ1) is 12.0. The molecule has 0 bridgehead atoms. The highest BCUT2D eigenvalue weighted by molar-refractivity contribution is 5.99. The van der Waals surface area contributed by atoms with Crippen LogP contribution >= 0.6 is 0 Å². The van der Waals surface area contributed by atoms with Crippen LogP contribution in [0.2, 0.25) is 0 Å². The number of anilines is 1. The lowest BCUT2D eigenvalue weighted by Gasteiger charge is -2.32. The Morgan fingerprint density at radius 1 is 1.28 bits per heavy atom. The van der Waals surface area contributed by atoms with Gasteiger partial charge in [0.25, 0.3) is 11.7 Å². The molecule has 1 aromatic heterocycles. The van der Waals surface area contributed by atoms with E-state index in [2.05, 4.69) is 4.98 Å². The molecule has 1 aliphatic rings. The number of carbonyl (C=O) groups is 1. The van der Waals surface area contributed by atoms with Crippen LogP contribution in [0.25, 0.3) is 0 Å². The molecular formula is C16H15N3O6. The number of hydrogen-bond donors (Lipinski definition) is 2. The monoisotopic (exact) mass is 345 g/mol. The van der Waals surface area contributed by atoms with Crippen LogP contribution in [-0.4, -0.2) is 45.3 Å². The number of benzene rings is 1. The molecule has 0 fully saturated rings. The Morgan fingerprint density at radius 3 is 2.64 bits per heavy atom. The average molecular weight is 345 g/mol. The summed E-state index contributed by atoms with van der Waals surface area (Å²) in [5, 5.41) is 29.8. The van der Waals surface area contributed by atoms with E-state index in [4.69, 9.17) is 9.84 Å². The lowest BCUT2D eigenvalue weighted by atomic mass is 10.1. The highest BCUT2D eigenvalue weighted by atomic mass is 16.6. The van der Waals surface area contributed by atoms with E-state index >= 15 is 0 Å². The van der Waals surface area contributed by atoms with E-state index in [1.807, 2.05) is 0 Å². The third-order valence-corrected chi connectivity index (χ3v) is 3.71. The first kappa shape index (κ1) is 16.8. The number of aromatic nitrogens is 1. The topological polar surface area (TPSA) is 126 Å². The van der Waals surface area contributed by atoms with Crippen molar-refractivity contribution in [1.82, 2.24) is 4.98 Å². The number of rotatable bonds is 5. The number of nitro groups is 1. The Labute approximate surface area is 142 Å². The van der Waals surface area contributed by atoms with Crippen LogP contribution in [0.1, 0.15) is 11.7 Å². The Morgan fingerprint density at radius 2 is 2.00 bits per heavy atom. The number of ether oxygens (including phenoxy) is 1. The molecule has 1 aliphatic heterocycles. The minimum absolute atomic E-state index is 0.0566. The predicted octanol–water partition coefficient (Wildman–Crippen LogP) is 0.810. The summed E-state index contributed by atoms with van der Waals surface area (Å²) in [5.41, 5.74) is 0.597. The van der Waals surface area contributed by atoms with Gasteiger partial charge in [0.2, 0.25) is 6.10 Å². The molecule has 0 spiro atoms. The summed E-state index contributed by atoms with van der Waals surface area (Å²) < 4.78 is 5.69. The summed E-state index contributed by atoms with van der Waals surface area (Å²) in [6.45, 7) is -0.825. The third kappa shape index (κ3) is 3.28. The molecule has 9 nitrogen and oxygen atoms in total. The van der Waals surface area contributed by atoms with Crippen molar-refractivity contribution in [2.75, 3.05) is 18.1 Å². The fourth-order valence-electron chi connectivity index (χ4n) is 2.52. The van der Waals surface area contributed by atoms with Crippen molar-refractivity contribution in [3.63, 3.8) is 0 Å². The van der Waals surface area contributed by atoms with Gasteiger partial charge in [0.15, 0.2) is 5.75 Å². The van der Waals surface area contributed by atoms with Gasteiger partial charge in [-0.2, -0.15) is 0 Å². The second-order valence-corrected chi connectivity index (χ2v) is 5.44. The molecule has 1 amide bonds. The van der Waals surface area contributed by atoms with Crippen molar-refractivity contribution < 1.29 is 24.7 Å². The Hall–Kier alpha value is -3.04. The van der Waals surface area contributed by atoms with Gasteiger partial charge in [-0.25, -0.2) is 0 Å². The lowest BCUT2D eigenvalue weighted by molar-refractivity contribution is -0.389. The van der Waals surface area contributed by atoms with E-state index < -0.39 is 35.5 Å². The van der Waals surface area contributed by atoms with Gasteiger partial charge in [0.05, 0.1) is 19.3 Å². The summed E-state index contributed by atoms with van der Waals surface area (Å²) in [6, 6.07) is 11.3. The van der Waals surface area contributed by atoms with Crippen molar-refractivity contribution in [3.05, 3.63) is 58.1 Å². The molecule has 0 saturated carbocycles. The molecule has 2 heterocycles. The number of pyridine rings is 1. The zero-order valence-electron chi connectivity index (χ0n) is 13.0. The zero-order valence-corrected chi connectivity index (χ0v) is 13.0. The number of fused-ring (bicyclic) bond motifs is 1. The number of hydrogen-bond acceptors (Lipinski definition) is 7. The van der Waals surface area contributed by atoms with Crippen LogP contribution in [0.15, 0.2) is 42.5 Å².